The number of benzene rings is 2. The summed E-state index contributed by atoms with van der Waals surface area (Å²) in [4.78, 5) is 30.2. The maximum absolute atomic E-state index is 13.6. The third-order valence-corrected chi connectivity index (χ3v) is 8.16. The molecule has 224 valence electrons. The standard InChI is InChI=1S/C31H42N2O8/c1-3-4-12-32(13-7-14-34)28(36)18-33-17-24(22-15-23(19-35)30-27(16-22)40-20-41-30)29(31(37)38)25(33)11-10-21-8-5-6-9-26(21)39-2/h5-6,8-9,15-16,24-25,29,34-35H,3-4,7,10-14,17-20H2,1-2H3,(H,37,38)/t24-,25+,29-/m1/s1. The van der Waals surface area contributed by atoms with Gasteiger partial charge in [-0.25, -0.2) is 0 Å². The van der Waals surface area contributed by atoms with Crippen LogP contribution in [0, 0.1) is 5.92 Å². The minimum absolute atomic E-state index is 0.00161. The normalized spacial score (nSPS) is 19.9. The molecule has 0 aliphatic carbocycles. The molecule has 10 heteroatoms. The largest absolute Gasteiger partial charge is 0.496 e. The molecule has 0 spiro atoms. The molecule has 0 radical (unpaired) electrons. The molecule has 3 N–H and O–H groups in total. The summed E-state index contributed by atoms with van der Waals surface area (Å²) >= 11 is 0. The summed E-state index contributed by atoms with van der Waals surface area (Å²) in [6.45, 7) is 3.36. The zero-order valence-electron chi connectivity index (χ0n) is 24.0. The molecule has 2 aliphatic rings. The number of fused-ring (bicyclic) bond motifs is 1. The van der Waals surface area contributed by atoms with E-state index in [1.165, 1.54) is 0 Å². The Bertz CT molecular complexity index is 1180. The fourth-order valence-electron chi connectivity index (χ4n) is 6.09. The van der Waals surface area contributed by atoms with Gasteiger partial charge in [-0.15, -0.1) is 0 Å². The average Bonchev–Trinajstić information content (AvgIpc) is 3.60. The van der Waals surface area contributed by atoms with Crippen molar-refractivity contribution in [2.45, 2.75) is 57.6 Å². The van der Waals surface area contributed by atoms with E-state index < -0.39 is 23.8 Å². The van der Waals surface area contributed by atoms with E-state index >= 15 is 0 Å². The van der Waals surface area contributed by atoms with Crippen LogP contribution >= 0.6 is 0 Å². The van der Waals surface area contributed by atoms with Crippen LogP contribution in [0.15, 0.2) is 36.4 Å². The van der Waals surface area contributed by atoms with E-state index in [-0.39, 0.29) is 32.5 Å². The molecule has 0 saturated carbocycles. The molecule has 0 aromatic heterocycles. The summed E-state index contributed by atoms with van der Waals surface area (Å²) in [5.74, 6) is -0.492. The van der Waals surface area contributed by atoms with Gasteiger partial charge in [0.05, 0.1) is 26.2 Å². The number of ether oxygens (including phenoxy) is 3. The van der Waals surface area contributed by atoms with Crippen LogP contribution in [0.1, 0.15) is 55.2 Å². The van der Waals surface area contributed by atoms with Gasteiger partial charge in [-0.1, -0.05) is 31.5 Å². The van der Waals surface area contributed by atoms with Gasteiger partial charge in [0, 0.05) is 43.8 Å². The number of carboxylic acid groups (broad SMARTS) is 1. The number of rotatable bonds is 15. The Morgan fingerprint density at radius 2 is 1.88 bits per heavy atom. The number of para-hydroxylation sites is 1. The van der Waals surface area contributed by atoms with Crippen molar-refractivity contribution >= 4 is 11.9 Å². The number of hydrogen-bond acceptors (Lipinski definition) is 8. The number of likely N-dealkylation sites (tertiary alicyclic amines) is 1. The van der Waals surface area contributed by atoms with Gasteiger partial charge < -0.3 is 34.4 Å². The third kappa shape index (κ3) is 7.12. The van der Waals surface area contributed by atoms with Crippen LogP contribution < -0.4 is 14.2 Å². The SMILES string of the molecule is CCCCN(CCCO)C(=O)CN1C[C@H](c2cc(CO)c3c(c2)OCO3)[C@@H](C(=O)O)[C@@H]1CCc1ccccc1OC. The molecule has 1 fully saturated rings. The van der Waals surface area contributed by atoms with Crippen LogP contribution in [0.25, 0.3) is 0 Å². The van der Waals surface area contributed by atoms with Crippen LogP contribution in [0.2, 0.25) is 0 Å². The van der Waals surface area contributed by atoms with Crippen molar-refractivity contribution in [1.29, 1.82) is 0 Å². The van der Waals surface area contributed by atoms with Crippen molar-refractivity contribution in [3.8, 4) is 17.2 Å². The lowest BCUT2D eigenvalue weighted by Gasteiger charge is -2.30. The Hall–Kier alpha value is -3.34. The number of methoxy groups -OCH3 is 1. The van der Waals surface area contributed by atoms with Crippen molar-refractivity contribution in [3.63, 3.8) is 0 Å². The quantitative estimate of drug-likeness (QED) is 0.296. The zero-order chi connectivity index (χ0) is 29.4. The molecule has 4 rings (SSSR count). The van der Waals surface area contributed by atoms with Crippen LogP contribution in [0.5, 0.6) is 17.2 Å². The fourth-order valence-corrected chi connectivity index (χ4v) is 6.09. The van der Waals surface area contributed by atoms with Crippen molar-refractivity contribution in [2.24, 2.45) is 5.92 Å². The Morgan fingerprint density at radius 1 is 1.10 bits per heavy atom. The second-order valence-electron chi connectivity index (χ2n) is 10.7. The number of aliphatic hydroxyl groups is 2. The highest BCUT2D eigenvalue weighted by Gasteiger charge is 2.47. The number of carbonyl (C=O) groups is 2. The summed E-state index contributed by atoms with van der Waals surface area (Å²) < 4.78 is 16.7. The molecule has 2 aromatic carbocycles. The highest BCUT2D eigenvalue weighted by Crippen LogP contribution is 2.45. The number of aryl methyl sites for hydroxylation is 1. The van der Waals surface area contributed by atoms with Gasteiger partial charge in [0.15, 0.2) is 11.5 Å². The molecule has 2 heterocycles. The van der Waals surface area contributed by atoms with Gasteiger partial charge in [0.25, 0.3) is 0 Å². The average molecular weight is 571 g/mol. The highest BCUT2D eigenvalue weighted by atomic mass is 16.7. The van der Waals surface area contributed by atoms with Crippen LogP contribution in [0.4, 0.5) is 0 Å². The second-order valence-corrected chi connectivity index (χ2v) is 10.7. The second kappa shape index (κ2) is 14.5. The topological polar surface area (TPSA) is 129 Å². The van der Waals surface area contributed by atoms with E-state index in [0.717, 1.165) is 29.7 Å². The molecule has 1 saturated heterocycles. The number of unbranched alkanes of at least 4 members (excludes halogenated alkanes) is 1. The van der Waals surface area contributed by atoms with E-state index in [1.54, 1.807) is 24.1 Å². The molecule has 3 atom stereocenters. The van der Waals surface area contributed by atoms with Gasteiger partial charge >= 0.3 is 5.97 Å². The molecule has 0 bridgehead atoms. The molecule has 41 heavy (non-hydrogen) atoms. The summed E-state index contributed by atoms with van der Waals surface area (Å²) in [7, 11) is 1.62. The van der Waals surface area contributed by atoms with Crippen molar-refractivity contribution in [1.82, 2.24) is 9.80 Å². The molecule has 0 unspecified atom stereocenters. The van der Waals surface area contributed by atoms with Gasteiger partial charge in [-0.3, -0.25) is 14.5 Å². The Morgan fingerprint density at radius 3 is 2.59 bits per heavy atom. The first-order chi connectivity index (χ1) is 19.9. The number of nitrogens with zero attached hydrogens (tertiary/aromatic N) is 2. The monoisotopic (exact) mass is 570 g/mol. The predicted molar refractivity (Wildman–Crippen MR) is 152 cm³/mol. The summed E-state index contributed by atoms with van der Waals surface area (Å²) in [6.07, 6.45) is 3.39. The zero-order valence-corrected chi connectivity index (χ0v) is 24.0. The predicted octanol–water partition coefficient (Wildman–Crippen LogP) is 3.03. The fraction of sp³-hybridized carbons (Fsp3) is 0.548. The summed E-state index contributed by atoms with van der Waals surface area (Å²) in [6, 6.07) is 10.9. The number of aliphatic hydroxyl groups excluding tert-OH is 2. The van der Waals surface area contributed by atoms with Crippen LogP contribution in [-0.4, -0.2) is 89.7 Å². The first-order valence-electron chi connectivity index (χ1n) is 14.4. The molecular weight excluding hydrogens is 528 g/mol. The Labute approximate surface area is 241 Å². The molecule has 2 aliphatic heterocycles. The maximum atomic E-state index is 13.6. The van der Waals surface area contributed by atoms with E-state index in [0.29, 0.717) is 56.0 Å². The lowest BCUT2D eigenvalue weighted by atomic mass is 9.82. The van der Waals surface area contributed by atoms with E-state index in [2.05, 4.69) is 6.92 Å². The minimum Gasteiger partial charge on any atom is -0.496 e. The summed E-state index contributed by atoms with van der Waals surface area (Å²) in [5, 5.41) is 29.9. The number of amides is 1. The number of aliphatic carboxylic acids is 1. The van der Waals surface area contributed by atoms with Crippen molar-refractivity contribution in [2.75, 3.05) is 46.7 Å². The molecule has 1 amide bonds. The van der Waals surface area contributed by atoms with Gasteiger partial charge in [-0.05, 0) is 55.0 Å². The number of hydrogen-bond donors (Lipinski definition) is 3. The molecule has 2 aromatic rings. The van der Waals surface area contributed by atoms with E-state index in [4.69, 9.17) is 14.2 Å². The van der Waals surface area contributed by atoms with Crippen LogP contribution in [0.3, 0.4) is 0 Å². The maximum Gasteiger partial charge on any atom is 0.308 e. The minimum atomic E-state index is -0.929. The highest BCUT2D eigenvalue weighted by molar-refractivity contribution is 5.79. The first-order valence-corrected chi connectivity index (χ1v) is 14.4. The van der Waals surface area contributed by atoms with Gasteiger partial charge in [0.2, 0.25) is 12.7 Å². The smallest absolute Gasteiger partial charge is 0.308 e. The van der Waals surface area contributed by atoms with Crippen molar-refractivity contribution < 1.29 is 39.1 Å². The van der Waals surface area contributed by atoms with Crippen molar-refractivity contribution in [3.05, 3.63) is 53.1 Å². The lowest BCUT2D eigenvalue weighted by molar-refractivity contribution is -0.143. The van der Waals surface area contributed by atoms with Gasteiger partial charge in [0.1, 0.15) is 5.75 Å². The first kappa shape index (κ1) is 30.6. The summed E-state index contributed by atoms with van der Waals surface area (Å²) in [5.41, 5.74) is 2.27. The Balaban J connectivity index is 1.66. The number of carbonyl (C=O) groups excluding carboxylic acids is 1. The third-order valence-electron chi connectivity index (χ3n) is 8.16. The lowest BCUT2D eigenvalue weighted by Crippen LogP contribution is -2.45. The van der Waals surface area contributed by atoms with Crippen LogP contribution in [-0.2, 0) is 22.6 Å². The van der Waals surface area contributed by atoms with Gasteiger partial charge in [-0.2, -0.15) is 0 Å². The Kier molecular flexibility index (Phi) is 10.8. The molecular formula is C31H42N2O8. The number of carboxylic acids is 1. The van der Waals surface area contributed by atoms with E-state index in [1.807, 2.05) is 29.2 Å². The van der Waals surface area contributed by atoms with E-state index in [9.17, 15) is 24.9 Å². The molecule has 10 nitrogen and oxygen atoms in total.